The van der Waals surface area contributed by atoms with Crippen molar-refractivity contribution in [1.82, 2.24) is 20.5 Å². The molecule has 2 rings (SSSR count). The number of hydrogen-bond acceptors (Lipinski definition) is 2. The summed E-state index contributed by atoms with van der Waals surface area (Å²) in [5, 5.41) is 8.07. The van der Waals surface area contributed by atoms with Crippen molar-refractivity contribution in [3.8, 4) is 0 Å². The number of benzene rings is 1. The van der Waals surface area contributed by atoms with E-state index in [1.54, 1.807) is 0 Å². The second kappa shape index (κ2) is 10.0. The first-order valence-electron chi connectivity index (χ1n) is 8.68. The number of aromatic nitrogens is 1. The number of nitrogens with zero attached hydrogens (tertiary/aromatic N) is 2. The Kier molecular flexibility index (Phi) is 8.71. The number of guanidine groups is 1. The highest BCUT2D eigenvalue weighted by Gasteiger charge is 2.19. The number of likely N-dealkylation sites (N-methyl/N-ethyl adjacent to an activating group) is 1. The van der Waals surface area contributed by atoms with Gasteiger partial charge in [0.25, 0.3) is 0 Å². The van der Waals surface area contributed by atoms with Crippen LogP contribution in [0.15, 0.2) is 35.5 Å². The molecule has 0 spiro atoms. The van der Waals surface area contributed by atoms with E-state index in [2.05, 4.69) is 85.8 Å². The van der Waals surface area contributed by atoms with Crippen LogP contribution in [0, 0.1) is 0 Å². The number of aromatic amines is 1. The second-order valence-electron chi connectivity index (χ2n) is 6.94. The van der Waals surface area contributed by atoms with E-state index in [1.807, 2.05) is 0 Å². The number of hydrogen-bond donors (Lipinski definition) is 3. The van der Waals surface area contributed by atoms with Crippen molar-refractivity contribution in [2.24, 2.45) is 4.99 Å². The average molecular weight is 457 g/mol. The van der Waals surface area contributed by atoms with Gasteiger partial charge in [0.2, 0.25) is 0 Å². The van der Waals surface area contributed by atoms with Gasteiger partial charge in [-0.25, -0.2) is 0 Å². The molecular formula is C19H32IN5. The zero-order chi connectivity index (χ0) is 17.6. The number of aliphatic imine (C=N–C) groups is 1. The molecule has 2 aromatic rings. The first-order valence-corrected chi connectivity index (χ1v) is 8.68. The Labute approximate surface area is 168 Å². The van der Waals surface area contributed by atoms with Gasteiger partial charge in [0.1, 0.15) is 0 Å². The fourth-order valence-electron chi connectivity index (χ4n) is 2.41. The third kappa shape index (κ3) is 6.18. The van der Waals surface area contributed by atoms with Gasteiger partial charge in [-0.3, -0.25) is 4.99 Å². The molecule has 1 aromatic heterocycles. The maximum absolute atomic E-state index is 4.73. The Hall–Kier alpha value is -1.28. The normalized spacial score (nSPS) is 12.3. The number of fused-ring (bicyclic) bond motifs is 1. The van der Waals surface area contributed by atoms with Crippen LogP contribution in [-0.2, 0) is 6.42 Å². The predicted octanol–water partition coefficient (Wildman–Crippen LogP) is 3.22. The van der Waals surface area contributed by atoms with Crippen molar-refractivity contribution in [2.75, 3.05) is 33.7 Å². The van der Waals surface area contributed by atoms with Crippen molar-refractivity contribution < 1.29 is 0 Å². The van der Waals surface area contributed by atoms with Gasteiger partial charge in [-0.15, -0.1) is 24.0 Å². The van der Waals surface area contributed by atoms with Gasteiger partial charge in [-0.05, 0) is 52.9 Å². The largest absolute Gasteiger partial charge is 0.361 e. The Balaban J connectivity index is 0.00000312. The van der Waals surface area contributed by atoms with E-state index in [9.17, 15) is 0 Å². The maximum atomic E-state index is 4.73. The quantitative estimate of drug-likeness (QED) is 0.340. The second-order valence-corrected chi connectivity index (χ2v) is 6.94. The summed E-state index contributed by atoms with van der Waals surface area (Å²) in [5.41, 5.74) is 2.57. The molecule has 0 aliphatic rings. The number of nitrogens with one attached hydrogen (secondary N) is 3. The van der Waals surface area contributed by atoms with E-state index >= 15 is 0 Å². The summed E-state index contributed by atoms with van der Waals surface area (Å²) in [5.74, 6) is 0.882. The number of halogens is 1. The minimum Gasteiger partial charge on any atom is -0.361 e. The summed E-state index contributed by atoms with van der Waals surface area (Å²) in [6.45, 7) is 8.96. The molecule has 1 aromatic carbocycles. The third-order valence-corrected chi connectivity index (χ3v) is 4.54. The first kappa shape index (κ1) is 21.8. The number of rotatable bonds is 7. The van der Waals surface area contributed by atoms with Gasteiger partial charge in [-0.1, -0.05) is 18.2 Å². The Bertz CT molecular complexity index is 675. The molecule has 0 saturated carbocycles. The maximum Gasteiger partial charge on any atom is 0.191 e. The summed E-state index contributed by atoms with van der Waals surface area (Å²) < 4.78 is 0. The minimum atomic E-state index is 0. The SMILES string of the molecule is CCNC(=NCC(C)(C)N(C)C)NCCc1c[nH]c2ccccc12.I. The molecule has 0 aliphatic carbocycles. The molecule has 0 bridgehead atoms. The predicted molar refractivity (Wildman–Crippen MR) is 119 cm³/mol. The first-order chi connectivity index (χ1) is 11.4. The van der Waals surface area contributed by atoms with Crippen molar-refractivity contribution in [1.29, 1.82) is 0 Å². The topological polar surface area (TPSA) is 55.5 Å². The summed E-state index contributed by atoms with van der Waals surface area (Å²) >= 11 is 0. The van der Waals surface area contributed by atoms with Gasteiger partial charge >= 0.3 is 0 Å². The van der Waals surface area contributed by atoms with Crippen LogP contribution in [0.1, 0.15) is 26.3 Å². The summed E-state index contributed by atoms with van der Waals surface area (Å²) in [6.07, 6.45) is 3.07. The van der Waals surface area contributed by atoms with Crippen molar-refractivity contribution in [3.05, 3.63) is 36.0 Å². The van der Waals surface area contributed by atoms with Crippen molar-refractivity contribution >= 4 is 40.8 Å². The summed E-state index contributed by atoms with van der Waals surface area (Å²) in [7, 11) is 4.18. The van der Waals surface area contributed by atoms with Crippen LogP contribution in [0.4, 0.5) is 0 Å². The Morgan fingerprint density at radius 1 is 1.20 bits per heavy atom. The molecule has 3 N–H and O–H groups in total. The molecule has 0 amide bonds. The highest BCUT2D eigenvalue weighted by atomic mass is 127. The van der Waals surface area contributed by atoms with E-state index in [0.29, 0.717) is 0 Å². The fourth-order valence-corrected chi connectivity index (χ4v) is 2.41. The van der Waals surface area contributed by atoms with Crippen LogP contribution < -0.4 is 10.6 Å². The van der Waals surface area contributed by atoms with Gasteiger partial charge in [-0.2, -0.15) is 0 Å². The van der Waals surface area contributed by atoms with Crippen LogP contribution >= 0.6 is 24.0 Å². The molecule has 0 fully saturated rings. The van der Waals surface area contributed by atoms with Gasteiger partial charge in [0.05, 0.1) is 6.54 Å². The number of H-pyrrole nitrogens is 1. The molecule has 0 radical (unpaired) electrons. The average Bonchev–Trinajstić information content (AvgIpc) is 2.96. The lowest BCUT2D eigenvalue weighted by Gasteiger charge is -2.31. The smallest absolute Gasteiger partial charge is 0.191 e. The minimum absolute atomic E-state index is 0. The van der Waals surface area contributed by atoms with E-state index in [4.69, 9.17) is 4.99 Å². The Morgan fingerprint density at radius 3 is 2.60 bits per heavy atom. The number of para-hydroxylation sites is 1. The lowest BCUT2D eigenvalue weighted by atomic mass is 10.1. The van der Waals surface area contributed by atoms with Crippen LogP contribution in [0.3, 0.4) is 0 Å². The van der Waals surface area contributed by atoms with Crippen LogP contribution in [0.5, 0.6) is 0 Å². The van der Waals surface area contributed by atoms with Crippen molar-refractivity contribution in [3.63, 3.8) is 0 Å². The molecule has 140 valence electrons. The monoisotopic (exact) mass is 457 g/mol. The molecular weight excluding hydrogens is 425 g/mol. The van der Waals surface area contributed by atoms with E-state index < -0.39 is 0 Å². The highest BCUT2D eigenvalue weighted by Crippen LogP contribution is 2.17. The van der Waals surface area contributed by atoms with Crippen LogP contribution in [-0.4, -0.2) is 55.1 Å². The molecule has 0 unspecified atom stereocenters. The van der Waals surface area contributed by atoms with Crippen molar-refractivity contribution in [2.45, 2.75) is 32.7 Å². The van der Waals surface area contributed by atoms with E-state index in [0.717, 1.165) is 32.0 Å². The van der Waals surface area contributed by atoms with Crippen LogP contribution in [0.2, 0.25) is 0 Å². The lowest BCUT2D eigenvalue weighted by Crippen LogP contribution is -2.44. The molecule has 1 heterocycles. The fraction of sp³-hybridized carbons (Fsp3) is 0.526. The van der Waals surface area contributed by atoms with Gasteiger partial charge in [0, 0.05) is 35.7 Å². The molecule has 6 heteroatoms. The highest BCUT2D eigenvalue weighted by molar-refractivity contribution is 14.0. The summed E-state index contributed by atoms with van der Waals surface area (Å²) in [6, 6.07) is 8.42. The molecule has 0 aliphatic heterocycles. The van der Waals surface area contributed by atoms with Gasteiger partial charge in [0.15, 0.2) is 5.96 Å². The molecule has 0 atom stereocenters. The Morgan fingerprint density at radius 2 is 1.92 bits per heavy atom. The van der Waals surface area contributed by atoms with Crippen LogP contribution in [0.25, 0.3) is 10.9 Å². The molecule has 25 heavy (non-hydrogen) atoms. The molecule has 0 saturated heterocycles. The zero-order valence-electron chi connectivity index (χ0n) is 16.0. The van der Waals surface area contributed by atoms with E-state index in [1.165, 1.54) is 16.5 Å². The summed E-state index contributed by atoms with van der Waals surface area (Å²) in [4.78, 5) is 10.3. The third-order valence-electron chi connectivity index (χ3n) is 4.54. The lowest BCUT2D eigenvalue weighted by molar-refractivity contribution is 0.204. The zero-order valence-corrected chi connectivity index (χ0v) is 18.3. The van der Waals surface area contributed by atoms with E-state index in [-0.39, 0.29) is 29.5 Å². The molecule has 5 nitrogen and oxygen atoms in total. The van der Waals surface area contributed by atoms with Gasteiger partial charge < -0.3 is 20.5 Å². The standard InChI is InChI=1S/C19H31N5.HI/c1-6-20-18(23-14-19(2,3)24(4)5)21-12-11-15-13-22-17-10-8-7-9-16(15)17;/h7-10,13,22H,6,11-12,14H2,1-5H3,(H2,20,21,23);1H.